The van der Waals surface area contributed by atoms with Gasteiger partial charge in [-0.2, -0.15) is 5.10 Å². The molecule has 1 aliphatic carbocycles. The normalized spacial score (nSPS) is 22.8. The summed E-state index contributed by atoms with van der Waals surface area (Å²) in [4.78, 5) is 25.9. The zero-order valence-electron chi connectivity index (χ0n) is 14.3. The van der Waals surface area contributed by atoms with Crippen molar-refractivity contribution in [3.63, 3.8) is 0 Å². The lowest BCUT2D eigenvalue weighted by atomic mass is 9.64. The fraction of sp³-hybridized carbons (Fsp3) is 0.250. The zero-order chi connectivity index (χ0) is 18.6. The first-order valence-corrected chi connectivity index (χ1v) is 9.21. The summed E-state index contributed by atoms with van der Waals surface area (Å²) in [5.74, 6) is -2.53. The lowest BCUT2D eigenvalue weighted by molar-refractivity contribution is -0.318. The molecule has 1 aromatic heterocycles. The Morgan fingerprint density at radius 2 is 2.04 bits per heavy atom. The Kier molecular flexibility index (Phi) is 5.32. The molecule has 5 nitrogen and oxygen atoms in total. The smallest absolute Gasteiger partial charge is 0.252 e. The van der Waals surface area contributed by atoms with Crippen LogP contribution in [0.5, 0.6) is 0 Å². The van der Waals surface area contributed by atoms with Crippen molar-refractivity contribution in [1.82, 2.24) is 5.43 Å². The second kappa shape index (κ2) is 7.66. The van der Waals surface area contributed by atoms with Gasteiger partial charge >= 0.3 is 0 Å². The van der Waals surface area contributed by atoms with Crippen LogP contribution in [-0.4, -0.2) is 18.1 Å². The SMILES string of the molecule is CC1=CCC(C(=O)[O-])(C(=O)NN=Cc2cccs2)C(c2ccccc2)C1. The molecule has 2 aromatic rings. The van der Waals surface area contributed by atoms with Gasteiger partial charge in [-0.1, -0.05) is 48.0 Å². The molecule has 1 heterocycles. The number of nitrogens with zero attached hydrogens (tertiary/aromatic N) is 1. The van der Waals surface area contributed by atoms with Crippen LogP contribution in [0, 0.1) is 5.41 Å². The summed E-state index contributed by atoms with van der Waals surface area (Å²) in [5.41, 5.74) is 2.60. The number of nitrogens with one attached hydrogen (secondary N) is 1. The Balaban J connectivity index is 1.93. The van der Waals surface area contributed by atoms with Crippen molar-refractivity contribution >= 4 is 29.4 Å². The second-order valence-electron chi connectivity index (χ2n) is 6.40. The number of carbonyl (C=O) groups is 2. The van der Waals surface area contributed by atoms with Gasteiger partial charge in [0.1, 0.15) is 5.41 Å². The van der Waals surface area contributed by atoms with Gasteiger partial charge < -0.3 is 9.90 Å². The molecule has 1 aliphatic rings. The van der Waals surface area contributed by atoms with Crippen LogP contribution in [0.4, 0.5) is 0 Å². The van der Waals surface area contributed by atoms with Gasteiger partial charge in [0, 0.05) is 10.8 Å². The lowest BCUT2D eigenvalue weighted by Crippen LogP contribution is -2.55. The van der Waals surface area contributed by atoms with E-state index in [0.717, 1.165) is 16.0 Å². The maximum Gasteiger partial charge on any atom is 0.252 e. The number of carboxylic acid groups (broad SMARTS) is 1. The van der Waals surface area contributed by atoms with E-state index in [4.69, 9.17) is 0 Å². The van der Waals surface area contributed by atoms with Crippen LogP contribution in [0.2, 0.25) is 0 Å². The fourth-order valence-corrected chi connectivity index (χ4v) is 3.92. The molecule has 0 bridgehead atoms. The van der Waals surface area contributed by atoms with Crippen LogP contribution in [0.15, 0.2) is 64.6 Å². The van der Waals surface area contributed by atoms with E-state index in [1.165, 1.54) is 17.6 Å². The number of carbonyl (C=O) groups excluding carboxylic acids is 2. The summed E-state index contributed by atoms with van der Waals surface area (Å²) < 4.78 is 0. The van der Waals surface area contributed by atoms with Gasteiger partial charge in [-0.15, -0.1) is 11.3 Å². The summed E-state index contributed by atoms with van der Waals surface area (Å²) in [7, 11) is 0. The van der Waals surface area contributed by atoms with Crippen LogP contribution in [0.25, 0.3) is 0 Å². The third-order valence-electron chi connectivity index (χ3n) is 4.77. The molecule has 26 heavy (non-hydrogen) atoms. The van der Waals surface area contributed by atoms with E-state index < -0.39 is 23.2 Å². The Morgan fingerprint density at radius 1 is 1.27 bits per heavy atom. The topological polar surface area (TPSA) is 81.6 Å². The molecule has 0 radical (unpaired) electrons. The zero-order valence-corrected chi connectivity index (χ0v) is 15.2. The van der Waals surface area contributed by atoms with Crippen LogP contribution in [0.3, 0.4) is 0 Å². The number of hydrogen-bond acceptors (Lipinski definition) is 5. The van der Waals surface area contributed by atoms with Crippen molar-refractivity contribution in [2.24, 2.45) is 10.5 Å². The van der Waals surface area contributed by atoms with Gasteiger partial charge in [0.05, 0.1) is 12.2 Å². The monoisotopic (exact) mass is 367 g/mol. The third kappa shape index (κ3) is 3.46. The average molecular weight is 367 g/mol. The number of benzene rings is 1. The molecule has 3 rings (SSSR count). The number of carboxylic acids is 1. The second-order valence-corrected chi connectivity index (χ2v) is 7.37. The number of amides is 1. The maximum absolute atomic E-state index is 12.9. The Bertz CT molecular complexity index is 843. The van der Waals surface area contributed by atoms with Crippen LogP contribution in [-0.2, 0) is 9.59 Å². The van der Waals surface area contributed by atoms with Gasteiger partial charge in [-0.3, -0.25) is 4.79 Å². The molecule has 0 saturated heterocycles. The molecule has 0 aliphatic heterocycles. The van der Waals surface area contributed by atoms with Crippen molar-refractivity contribution in [3.8, 4) is 0 Å². The van der Waals surface area contributed by atoms with Gasteiger partial charge in [0.15, 0.2) is 0 Å². The van der Waals surface area contributed by atoms with Crippen LogP contribution >= 0.6 is 11.3 Å². The van der Waals surface area contributed by atoms with Gasteiger partial charge in [0.25, 0.3) is 5.91 Å². The highest BCUT2D eigenvalue weighted by Crippen LogP contribution is 2.47. The quantitative estimate of drug-likeness (QED) is 0.381. The predicted molar refractivity (Wildman–Crippen MR) is 99.7 cm³/mol. The minimum absolute atomic E-state index is 0.0844. The number of thiophene rings is 1. The van der Waals surface area contributed by atoms with Crippen LogP contribution in [0.1, 0.15) is 36.1 Å². The van der Waals surface area contributed by atoms with E-state index in [2.05, 4.69) is 10.5 Å². The molecule has 0 spiro atoms. The summed E-state index contributed by atoms with van der Waals surface area (Å²) in [6, 6.07) is 13.0. The number of rotatable bonds is 5. The van der Waals surface area contributed by atoms with Gasteiger partial charge in [0.2, 0.25) is 0 Å². The molecule has 1 N–H and O–H groups in total. The van der Waals surface area contributed by atoms with Crippen molar-refractivity contribution in [2.75, 3.05) is 0 Å². The van der Waals surface area contributed by atoms with E-state index in [-0.39, 0.29) is 6.42 Å². The first-order chi connectivity index (χ1) is 12.5. The van der Waals surface area contributed by atoms with Crippen molar-refractivity contribution < 1.29 is 14.7 Å². The minimum Gasteiger partial charge on any atom is -0.549 e. The molecule has 2 atom stereocenters. The number of hydrogen-bond donors (Lipinski definition) is 1. The van der Waals surface area contributed by atoms with Crippen LogP contribution < -0.4 is 10.5 Å². The molecule has 2 unspecified atom stereocenters. The number of allylic oxidation sites excluding steroid dienone is 2. The molecule has 0 fully saturated rings. The Labute approximate surface area is 156 Å². The van der Waals surface area contributed by atoms with E-state index in [0.29, 0.717) is 6.42 Å². The summed E-state index contributed by atoms with van der Waals surface area (Å²) in [6.07, 6.45) is 3.88. The Morgan fingerprint density at radius 3 is 2.69 bits per heavy atom. The van der Waals surface area contributed by atoms with E-state index in [1.54, 1.807) is 6.08 Å². The average Bonchev–Trinajstić information content (AvgIpc) is 3.15. The highest BCUT2D eigenvalue weighted by molar-refractivity contribution is 7.11. The lowest BCUT2D eigenvalue weighted by Gasteiger charge is -2.42. The summed E-state index contributed by atoms with van der Waals surface area (Å²) >= 11 is 1.47. The summed E-state index contributed by atoms with van der Waals surface area (Å²) in [6.45, 7) is 1.95. The molecular weight excluding hydrogens is 348 g/mol. The third-order valence-corrected chi connectivity index (χ3v) is 5.57. The van der Waals surface area contributed by atoms with Gasteiger partial charge in [-0.05, 0) is 36.8 Å². The highest BCUT2D eigenvalue weighted by Gasteiger charge is 2.48. The summed E-state index contributed by atoms with van der Waals surface area (Å²) in [5, 5.41) is 18.0. The predicted octanol–water partition coefficient (Wildman–Crippen LogP) is 2.46. The van der Waals surface area contributed by atoms with Crippen molar-refractivity contribution in [3.05, 3.63) is 69.9 Å². The highest BCUT2D eigenvalue weighted by atomic mass is 32.1. The number of hydrazone groups is 1. The Hall–Kier alpha value is -2.73. The number of aliphatic carboxylic acids is 1. The van der Waals surface area contributed by atoms with E-state index >= 15 is 0 Å². The van der Waals surface area contributed by atoms with E-state index in [9.17, 15) is 14.7 Å². The molecule has 1 amide bonds. The van der Waals surface area contributed by atoms with E-state index in [1.807, 2.05) is 54.8 Å². The molecule has 0 saturated carbocycles. The first-order valence-electron chi connectivity index (χ1n) is 8.33. The largest absolute Gasteiger partial charge is 0.549 e. The standard InChI is InChI=1S/C20H20N2O3S/c1-14-9-10-20(19(24)25,17(12-14)15-6-3-2-4-7-15)18(23)22-21-13-16-8-5-11-26-16/h2-9,11,13,17H,10,12H2,1H3,(H,22,23)(H,24,25)/p-1. The van der Waals surface area contributed by atoms with Crippen molar-refractivity contribution in [2.45, 2.75) is 25.7 Å². The maximum atomic E-state index is 12.9. The minimum atomic E-state index is -1.69. The first kappa shape index (κ1) is 18.1. The van der Waals surface area contributed by atoms with Crippen molar-refractivity contribution in [1.29, 1.82) is 0 Å². The molecule has 134 valence electrons. The van der Waals surface area contributed by atoms with Gasteiger partial charge in [-0.25, -0.2) is 5.43 Å². The molecule has 1 aromatic carbocycles. The molecule has 6 heteroatoms. The molecular formula is C20H19N2O3S-. The fourth-order valence-electron chi connectivity index (χ4n) is 3.33.